The molecular weight excluding hydrogens is 196 g/mol. The van der Waals surface area contributed by atoms with Gasteiger partial charge >= 0.3 is 0 Å². The van der Waals surface area contributed by atoms with E-state index in [0.717, 1.165) is 6.54 Å². The van der Waals surface area contributed by atoms with Gasteiger partial charge in [0.15, 0.2) is 0 Å². The van der Waals surface area contributed by atoms with Gasteiger partial charge in [0.1, 0.15) is 0 Å². The summed E-state index contributed by atoms with van der Waals surface area (Å²) in [6.45, 7) is 5.69. The molecule has 0 aliphatic rings. The third kappa shape index (κ3) is 11.3. The summed E-state index contributed by atoms with van der Waals surface area (Å²) in [5.41, 5.74) is 0. The van der Waals surface area contributed by atoms with Crippen molar-refractivity contribution < 1.29 is 14.3 Å². The summed E-state index contributed by atoms with van der Waals surface area (Å²) in [5.74, 6) is 0.0357. The van der Waals surface area contributed by atoms with E-state index < -0.39 is 0 Å². The molecule has 0 atom stereocenters. The minimum absolute atomic E-state index is 0.0357. The monoisotopic (exact) mass is 218 g/mol. The SMILES string of the molecule is CCNC(=O)CCOCCOCCNC. The van der Waals surface area contributed by atoms with Crippen molar-refractivity contribution in [2.75, 3.05) is 46.6 Å². The van der Waals surface area contributed by atoms with Crippen molar-refractivity contribution in [3.05, 3.63) is 0 Å². The number of ether oxygens (including phenoxy) is 2. The Morgan fingerprint density at radius 3 is 2.40 bits per heavy atom. The minimum Gasteiger partial charge on any atom is -0.379 e. The van der Waals surface area contributed by atoms with Crippen LogP contribution in [0.25, 0.3) is 0 Å². The Balaban J connectivity index is 3.01. The molecule has 0 aliphatic carbocycles. The zero-order chi connectivity index (χ0) is 11.4. The van der Waals surface area contributed by atoms with Crippen molar-refractivity contribution >= 4 is 5.91 Å². The van der Waals surface area contributed by atoms with Crippen LogP contribution in [0.3, 0.4) is 0 Å². The molecule has 0 rings (SSSR count). The summed E-state index contributed by atoms with van der Waals surface area (Å²) >= 11 is 0. The van der Waals surface area contributed by atoms with Crippen LogP contribution in [-0.2, 0) is 14.3 Å². The first-order chi connectivity index (χ1) is 7.31. The number of carbonyl (C=O) groups is 1. The van der Waals surface area contributed by atoms with Crippen molar-refractivity contribution in [1.29, 1.82) is 0 Å². The van der Waals surface area contributed by atoms with Crippen LogP contribution in [0.15, 0.2) is 0 Å². The molecular formula is C10H22N2O3. The summed E-state index contributed by atoms with van der Waals surface area (Å²) in [4.78, 5) is 11.0. The lowest BCUT2D eigenvalue weighted by molar-refractivity contribution is -0.122. The van der Waals surface area contributed by atoms with Crippen LogP contribution in [0.2, 0.25) is 0 Å². The number of likely N-dealkylation sites (N-methyl/N-ethyl adjacent to an activating group) is 1. The molecule has 0 unspecified atom stereocenters. The van der Waals surface area contributed by atoms with Crippen molar-refractivity contribution in [3.8, 4) is 0 Å². The van der Waals surface area contributed by atoms with Crippen LogP contribution in [-0.4, -0.2) is 52.5 Å². The molecule has 0 saturated carbocycles. The smallest absolute Gasteiger partial charge is 0.222 e. The number of carbonyl (C=O) groups excluding carboxylic acids is 1. The minimum atomic E-state index is 0.0357. The Labute approximate surface area is 91.5 Å². The van der Waals surface area contributed by atoms with E-state index in [2.05, 4.69) is 10.6 Å². The van der Waals surface area contributed by atoms with E-state index in [-0.39, 0.29) is 5.91 Å². The molecule has 0 heterocycles. The number of nitrogens with one attached hydrogen (secondary N) is 2. The molecule has 5 nitrogen and oxygen atoms in total. The van der Waals surface area contributed by atoms with E-state index in [1.807, 2.05) is 14.0 Å². The summed E-state index contributed by atoms with van der Waals surface area (Å²) in [6, 6.07) is 0. The van der Waals surface area contributed by atoms with E-state index in [0.29, 0.717) is 39.4 Å². The highest BCUT2D eigenvalue weighted by atomic mass is 16.5. The number of amides is 1. The van der Waals surface area contributed by atoms with E-state index in [1.165, 1.54) is 0 Å². The zero-order valence-corrected chi connectivity index (χ0v) is 9.67. The third-order valence-corrected chi connectivity index (χ3v) is 1.72. The van der Waals surface area contributed by atoms with E-state index in [4.69, 9.17) is 9.47 Å². The lowest BCUT2D eigenvalue weighted by Crippen LogP contribution is -2.24. The van der Waals surface area contributed by atoms with Crippen LogP contribution in [0.5, 0.6) is 0 Å². The number of hydrogen-bond donors (Lipinski definition) is 2. The van der Waals surface area contributed by atoms with Gasteiger partial charge < -0.3 is 20.1 Å². The van der Waals surface area contributed by atoms with Crippen LogP contribution in [0, 0.1) is 0 Å². The van der Waals surface area contributed by atoms with Gasteiger partial charge in [-0.1, -0.05) is 0 Å². The second-order valence-corrected chi connectivity index (χ2v) is 3.03. The van der Waals surface area contributed by atoms with Crippen LogP contribution >= 0.6 is 0 Å². The highest BCUT2D eigenvalue weighted by Crippen LogP contribution is 1.84. The second-order valence-electron chi connectivity index (χ2n) is 3.03. The summed E-state index contributed by atoms with van der Waals surface area (Å²) in [7, 11) is 1.88. The lowest BCUT2D eigenvalue weighted by atomic mass is 10.4. The van der Waals surface area contributed by atoms with Gasteiger partial charge in [-0.05, 0) is 14.0 Å². The molecule has 0 saturated heterocycles. The maximum atomic E-state index is 11.0. The van der Waals surface area contributed by atoms with Crippen LogP contribution in [0.4, 0.5) is 0 Å². The van der Waals surface area contributed by atoms with Crippen LogP contribution < -0.4 is 10.6 Å². The Bertz CT molecular complexity index is 154. The zero-order valence-electron chi connectivity index (χ0n) is 9.67. The molecule has 0 aromatic heterocycles. The maximum absolute atomic E-state index is 11.0. The van der Waals surface area contributed by atoms with Crippen molar-refractivity contribution in [1.82, 2.24) is 10.6 Å². The number of hydrogen-bond acceptors (Lipinski definition) is 4. The van der Waals surface area contributed by atoms with Gasteiger partial charge in [0.05, 0.1) is 26.4 Å². The molecule has 2 N–H and O–H groups in total. The van der Waals surface area contributed by atoms with Gasteiger partial charge in [-0.25, -0.2) is 0 Å². The van der Waals surface area contributed by atoms with Crippen molar-refractivity contribution in [2.45, 2.75) is 13.3 Å². The van der Waals surface area contributed by atoms with E-state index in [1.54, 1.807) is 0 Å². The lowest BCUT2D eigenvalue weighted by Gasteiger charge is -2.05. The first-order valence-corrected chi connectivity index (χ1v) is 5.38. The normalized spacial score (nSPS) is 10.3. The molecule has 0 aliphatic heterocycles. The van der Waals surface area contributed by atoms with Gasteiger partial charge in [0, 0.05) is 19.5 Å². The first kappa shape index (κ1) is 14.3. The van der Waals surface area contributed by atoms with Gasteiger partial charge in [-0.3, -0.25) is 4.79 Å². The molecule has 0 aromatic carbocycles. The molecule has 0 aromatic rings. The summed E-state index contributed by atoms with van der Waals surface area (Å²) in [5, 5.41) is 5.69. The van der Waals surface area contributed by atoms with Crippen LogP contribution in [0.1, 0.15) is 13.3 Å². The number of rotatable bonds is 10. The van der Waals surface area contributed by atoms with E-state index in [9.17, 15) is 4.79 Å². The molecule has 5 heteroatoms. The van der Waals surface area contributed by atoms with Crippen molar-refractivity contribution in [2.24, 2.45) is 0 Å². The van der Waals surface area contributed by atoms with Gasteiger partial charge in [-0.2, -0.15) is 0 Å². The predicted molar refractivity (Wildman–Crippen MR) is 58.9 cm³/mol. The average Bonchev–Trinajstić information content (AvgIpc) is 2.22. The molecule has 15 heavy (non-hydrogen) atoms. The predicted octanol–water partition coefficient (Wildman–Crippen LogP) is -0.235. The fraction of sp³-hybridized carbons (Fsp3) is 0.900. The molecule has 1 amide bonds. The molecule has 0 spiro atoms. The standard InChI is InChI=1S/C10H22N2O3/c1-3-12-10(13)4-6-14-8-9-15-7-5-11-2/h11H,3-9H2,1-2H3,(H,12,13). The fourth-order valence-corrected chi connectivity index (χ4v) is 0.947. The fourth-order valence-electron chi connectivity index (χ4n) is 0.947. The maximum Gasteiger partial charge on any atom is 0.222 e. The topological polar surface area (TPSA) is 59.6 Å². The largest absolute Gasteiger partial charge is 0.379 e. The summed E-state index contributed by atoms with van der Waals surface area (Å²) < 4.78 is 10.5. The molecule has 0 bridgehead atoms. The summed E-state index contributed by atoms with van der Waals surface area (Å²) in [6.07, 6.45) is 0.421. The molecule has 0 radical (unpaired) electrons. The molecule has 0 fully saturated rings. The first-order valence-electron chi connectivity index (χ1n) is 5.38. The third-order valence-electron chi connectivity index (χ3n) is 1.72. The Morgan fingerprint density at radius 2 is 1.80 bits per heavy atom. The Hall–Kier alpha value is -0.650. The van der Waals surface area contributed by atoms with Gasteiger partial charge in [-0.15, -0.1) is 0 Å². The van der Waals surface area contributed by atoms with Crippen molar-refractivity contribution in [3.63, 3.8) is 0 Å². The average molecular weight is 218 g/mol. The molecule has 90 valence electrons. The van der Waals surface area contributed by atoms with Gasteiger partial charge in [0.25, 0.3) is 0 Å². The Kier molecular flexibility index (Phi) is 10.9. The highest BCUT2D eigenvalue weighted by molar-refractivity contribution is 5.75. The quantitative estimate of drug-likeness (QED) is 0.497. The van der Waals surface area contributed by atoms with E-state index >= 15 is 0 Å². The Morgan fingerprint density at radius 1 is 1.13 bits per heavy atom. The highest BCUT2D eigenvalue weighted by Gasteiger charge is 1.98. The van der Waals surface area contributed by atoms with Gasteiger partial charge in [0.2, 0.25) is 5.91 Å². The second kappa shape index (κ2) is 11.4.